The molecule has 3 fully saturated rings. The maximum Gasteiger partial charge on any atom is 0.330 e. The zero-order valence-corrected chi connectivity index (χ0v) is 19.1. The molecule has 176 valence electrons. The van der Waals surface area contributed by atoms with Crippen molar-refractivity contribution in [2.24, 2.45) is 29.6 Å². The number of likely N-dealkylation sites (tertiary alicyclic amines) is 1. The lowest BCUT2D eigenvalue weighted by Gasteiger charge is -2.28. The molecule has 0 spiro atoms. The van der Waals surface area contributed by atoms with Crippen molar-refractivity contribution in [1.82, 2.24) is 15.8 Å². The SMILES string of the molecule is CC(C)[C@H](C(=O)OCC(=O)NNC(=O)c1ccccc1Cl)N1C(=O)[C@@H]2[C@H]3CC[C@@H](C3)[C@@H]2C1=O. The summed E-state index contributed by atoms with van der Waals surface area (Å²) in [6.07, 6.45) is 2.78. The Morgan fingerprint density at radius 1 is 1.06 bits per heavy atom. The molecule has 1 aliphatic heterocycles. The average molecular weight is 476 g/mol. The normalized spacial score (nSPS) is 26.4. The highest BCUT2D eigenvalue weighted by Crippen LogP contribution is 2.56. The van der Waals surface area contributed by atoms with E-state index in [0.717, 1.165) is 24.2 Å². The fraction of sp³-hybridized carbons (Fsp3) is 0.522. The molecule has 1 saturated heterocycles. The molecular weight excluding hydrogens is 450 g/mol. The number of nitrogens with zero attached hydrogens (tertiary/aromatic N) is 1. The van der Waals surface area contributed by atoms with Gasteiger partial charge in [-0.15, -0.1) is 0 Å². The molecule has 0 unspecified atom stereocenters. The Labute approximate surface area is 196 Å². The predicted octanol–water partition coefficient (Wildman–Crippen LogP) is 1.70. The third-order valence-corrected chi connectivity index (χ3v) is 7.22. The fourth-order valence-electron chi connectivity index (χ4n) is 5.48. The van der Waals surface area contributed by atoms with Crippen LogP contribution in [0.5, 0.6) is 0 Å². The zero-order valence-electron chi connectivity index (χ0n) is 18.4. The van der Waals surface area contributed by atoms with Crippen molar-refractivity contribution in [2.45, 2.75) is 39.2 Å². The Bertz CT molecular complexity index is 984. The third-order valence-electron chi connectivity index (χ3n) is 6.89. The summed E-state index contributed by atoms with van der Waals surface area (Å²) in [4.78, 5) is 64.2. The van der Waals surface area contributed by atoms with Crippen LogP contribution in [-0.4, -0.2) is 47.1 Å². The molecule has 3 aliphatic rings. The number of nitrogens with one attached hydrogen (secondary N) is 2. The van der Waals surface area contributed by atoms with Gasteiger partial charge >= 0.3 is 5.97 Å². The van der Waals surface area contributed by atoms with Crippen LogP contribution in [0.3, 0.4) is 0 Å². The largest absolute Gasteiger partial charge is 0.454 e. The van der Waals surface area contributed by atoms with Crippen molar-refractivity contribution in [3.8, 4) is 0 Å². The highest BCUT2D eigenvalue weighted by molar-refractivity contribution is 6.33. The van der Waals surface area contributed by atoms with Gasteiger partial charge in [0.05, 0.1) is 22.4 Å². The number of esters is 1. The molecule has 4 rings (SSSR count). The van der Waals surface area contributed by atoms with Crippen molar-refractivity contribution in [2.75, 3.05) is 6.61 Å². The smallest absolute Gasteiger partial charge is 0.330 e. The lowest BCUT2D eigenvalue weighted by atomic mass is 9.81. The van der Waals surface area contributed by atoms with Gasteiger partial charge in [-0.3, -0.25) is 34.9 Å². The van der Waals surface area contributed by atoms with E-state index >= 15 is 0 Å². The van der Waals surface area contributed by atoms with Crippen molar-refractivity contribution in [3.63, 3.8) is 0 Å². The van der Waals surface area contributed by atoms with Crippen molar-refractivity contribution < 1.29 is 28.7 Å². The molecule has 4 amide bonds. The van der Waals surface area contributed by atoms with Crippen LogP contribution in [0.15, 0.2) is 24.3 Å². The van der Waals surface area contributed by atoms with E-state index in [-0.39, 0.29) is 52.0 Å². The van der Waals surface area contributed by atoms with Gasteiger partial charge in [0.1, 0.15) is 6.04 Å². The molecule has 0 radical (unpaired) electrons. The maximum absolute atomic E-state index is 13.1. The molecule has 2 saturated carbocycles. The molecular formula is C23H26ClN3O6. The van der Waals surface area contributed by atoms with Crippen LogP contribution in [0.4, 0.5) is 0 Å². The number of carbonyl (C=O) groups is 5. The van der Waals surface area contributed by atoms with Crippen LogP contribution in [0, 0.1) is 29.6 Å². The van der Waals surface area contributed by atoms with Gasteiger partial charge in [-0.1, -0.05) is 37.6 Å². The second-order valence-corrected chi connectivity index (χ2v) is 9.62. The first kappa shape index (κ1) is 23.2. The average Bonchev–Trinajstić information content (AvgIpc) is 3.46. The number of benzene rings is 1. The van der Waals surface area contributed by atoms with Crippen LogP contribution < -0.4 is 10.9 Å². The number of carbonyl (C=O) groups excluding carboxylic acids is 5. The Morgan fingerprint density at radius 2 is 1.67 bits per heavy atom. The zero-order chi connectivity index (χ0) is 23.9. The first-order chi connectivity index (χ1) is 15.7. The van der Waals surface area contributed by atoms with Crippen LogP contribution in [0.1, 0.15) is 43.5 Å². The minimum absolute atomic E-state index is 0.168. The molecule has 2 aliphatic carbocycles. The molecule has 1 heterocycles. The van der Waals surface area contributed by atoms with E-state index in [1.165, 1.54) is 12.1 Å². The van der Waals surface area contributed by atoms with Gasteiger partial charge < -0.3 is 4.74 Å². The molecule has 10 heteroatoms. The summed E-state index contributed by atoms with van der Waals surface area (Å²) in [5.41, 5.74) is 4.51. The summed E-state index contributed by atoms with van der Waals surface area (Å²) >= 11 is 5.94. The molecule has 2 N–H and O–H groups in total. The van der Waals surface area contributed by atoms with E-state index in [2.05, 4.69) is 10.9 Å². The van der Waals surface area contributed by atoms with Crippen molar-refractivity contribution in [3.05, 3.63) is 34.9 Å². The van der Waals surface area contributed by atoms with Crippen LogP contribution in [0.2, 0.25) is 5.02 Å². The first-order valence-corrected chi connectivity index (χ1v) is 11.5. The van der Waals surface area contributed by atoms with Crippen molar-refractivity contribution in [1.29, 1.82) is 0 Å². The number of amides is 4. The topological polar surface area (TPSA) is 122 Å². The highest BCUT2D eigenvalue weighted by Gasteiger charge is 2.62. The number of imide groups is 1. The van der Waals surface area contributed by atoms with Gasteiger partial charge in [-0.2, -0.15) is 0 Å². The summed E-state index contributed by atoms with van der Waals surface area (Å²) < 4.78 is 5.12. The van der Waals surface area contributed by atoms with E-state index in [1.807, 2.05) is 0 Å². The Kier molecular flexibility index (Phi) is 6.43. The lowest BCUT2D eigenvalue weighted by Crippen LogP contribution is -2.50. The van der Waals surface area contributed by atoms with Crippen LogP contribution in [0.25, 0.3) is 0 Å². The predicted molar refractivity (Wildman–Crippen MR) is 116 cm³/mol. The quantitative estimate of drug-likeness (QED) is 0.367. The minimum Gasteiger partial charge on any atom is -0.454 e. The van der Waals surface area contributed by atoms with Crippen LogP contribution in [-0.2, 0) is 23.9 Å². The van der Waals surface area contributed by atoms with E-state index in [4.69, 9.17) is 16.3 Å². The van der Waals surface area contributed by atoms with E-state index in [9.17, 15) is 24.0 Å². The molecule has 1 aromatic carbocycles. The van der Waals surface area contributed by atoms with Gasteiger partial charge in [0.15, 0.2) is 6.61 Å². The number of ether oxygens (including phenoxy) is 1. The second kappa shape index (κ2) is 9.13. The van der Waals surface area contributed by atoms with Gasteiger partial charge in [-0.25, -0.2) is 4.79 Å². The number of fused-ring (bicyclic) bond motifs is 5. The van der Waals surface area contributed by atoms with Gasteiger partial charge in [0.2, 0.25) is 11.8 Å². The van der Waals surface area contributed by atoms with E-state index in [0.29, 0.717) is 0 Å². The van der Waals surface area contributed by atoms with E-state index in [1.54, 1.807) is 26.0 Å². The fourth-order valence-corrected chi connectivity index (χ4v) is 5.70. The number of hydrazine groups is 1. The molecule has 0 aromatic heterocycles. The number of rotatable bonds is 6. The Morgan fingerprint density at radius 3 is 2.24 bits per heavy atom. The lowest BCUT2D eigenvalue weighted by molar-refractivity contribution is -0.162. The van der Waals surface area contributed by atoms with Gasteiger partial charge in [0, 0.05) is 0 Å². The van der Waals surface area contributed by atoms with Gasteiger partial charge in [-0.05, 0) is 49.1 Å². The molecule has 2 bridgehead atoms. The summed E-state index contributed by atoms with van der Waals surface area (Å²) in [5, 5.41) is 0.216. The summed E-state index contributed by atoms with van der Waals surface area (Å²) in [6, 6.07) is 5.21. The first-order valence-electron chi connectivity index (χ1n) is 11.1. The standard InChI is InChI=1S/C23H26ClN3O6/c1-11(2)19(27-21(30)17-12-7-8-13(9-12)18(17)22(27)31)23(32)33-10-16(28)25-26-20(29)14-5-3-4-6-15(14)24/h3-6,11-13,17-19H,7-10H2,1-2H3,(H,25,28)(H,26,29)/t12-,13-,17-,18+,19+/m0/s1. The number of hydrogen-bond donors (Lipinski definition) is 2. The molecule has 33 heavy (non-hydrogen) atoms. The van der Waals surface area contributed by atoms with Crippen molar-refractivity contribution >= 4 is 41.2 Å². The van der Waals surface area contributed by atoms with E-state index < -0.39 is 30.4 Å². The molecule has 5 atom stereocenters. The van der Waals surface area contributed by atoms with Crippen LogP contribution >= 0.6 is 11.6 Å². The summed E-state index contributed by atoms with van der Waals surface area (Å²) in [6.45, 7) is 2.76. The Balaban J connectivity index is 1.34. The monoisotopic (exact) mass is 475 g/mol. The minimum atomic E-state index is -1.10. The molecule has 9 nitrogen and oxygen atoms in total. The second-order valence-electron chi connectivity index (χ2n) is 9.21. The number of hydrogen-bond acceptors (Lipinski definition) is 6. The highest BCUT2D eigenvalue weighted by atomic mass is 35.5. The van der Waals surface area contributed by atoms with Gasteiger partial charge in [0.25, 0.3) is 11.8 Å². The Hall–Kier alpha value is -2.94. The third kappa shape index (κ3) is 4.21. The maximum atomic E-state index is 13.1. The summed E-state index contributed by atoms with van der Waals surface area (Å²) in [7, 11) is 0. The molecule has 1 aromatic rings. The number of halogens is 1. The summed E-state index contributed by atoms with van der Waals surface area (Å²) in [5.74, 6) is -3.49.